The minimum atomic E-state index is -4.25. The van der Waals surface area contributed by atoms with Gasteiger partial charge in [0.2, 0.25) is 0 Å². The number of nitrogens with one attached hydrogen (secondary N) is 1. The molecule has 0 unspecified atom stereocenters. The molecule has 0 bridgehead atoms. The van der Waals surface area contributed by atoms with Crippen LogP contribution in [0.1, 0.15) is 6.92 Å². The number of hydroxylamine groups is 1. The standard InChI is InChI=1S/C12H13NO4S/c1-2-13-17-12-8-10(18(14,15)16)7-9-5-3-4-6-11(9)12/h3-8,13H,2H2,1H3,(H,14,15,16). The van der Waals surface area contributed by atoms with E-state index in [1.165, 1.54) is 12.1 Å². The van der Waals surface area contributed by atoms with Gasteiger partial charge in [-0.1, -0.05) is 24.3 Å². The second-order valence-electron chi connectivity index (χ2n) is 3.72. The number of benzene rings is 2. The first kappa shape index (κ1) is 12.8. The summed E-state index contributed by atoms with van der Waals surface area (Å²) in [5.41, 5.74) is 2.66. The molecule has 0 aromatic heterocycles. The van der Waals surface area contributed by atoms with Crippen LogP contribution in [0.5, 0.6) is 5.75 Å². The molecule has 0 aliphatic carbocycles. The quantitative estimate of drug-likeness (QED) is 0.654. The molecule has 2 N–H and O–H groups in total. The van der Waals surface area contributed by atoms with Crippen LogP contribution in [0.4, 0.5) is 0 Å². The summed E-state index contributed by atoms with van der Waals surface area (Å²) in [6.07, 6.45) is 0. The van der Waals surface area contributed by atoms with E-state index in [0.29, 0.717) is 17.7 Å². The molecule has 0 heterocycles. The van der Waals surface area contributed by atoms with Crippen molar-refractivity contribution >= 4 is 20.9 Å². The second-order valence-corrected chi connectivity index (χ2v) is 5.14. The predicted molar refractivity (Wildman–Crippen MR) is 68.1 cm³/mol. The molecule has 0 fully saturated rings. The largest absolute Gasteiger partial charge is 0.408 e. The Morgan fingerprint density at radius 2 is 2.00 bits per heavy atom. The van der Waals surface area contributed by atoms with Gasteiger partial charge in [-0.25, -0.2) is 0 Å². The van der Waals surface area contributed by atoms with Gasteiger partial charge < -0.3 is 4.84 Å². The third-order valence-corrected chi connectivity index (χ3v) is 3.25. The first-order chi connectivity index (χ1) is 8.52. The number of fused-ring (bicyclic) bond motifs is 1. The van der Waals surface area contributed by atoms with Crippen molar-refractivity contribution in [1.29, 1.82) is 0 Å². The summed E-state index contributed by atoms with van der Waals surface area (Å²) >= 11 is 0. The van der Waals surface area contributed by atoms with Crippen molar-refractivity contribution in [3.63, 3.8) is 0 Å². The summed E-state index contributed by atoms with van der Waals surface area (Å²) in [5, 5.41) is 1.45. The van der Waals surface area contributed by atoms with Gasteiger partial charge in [0.15, 0.2) is 5.75 Å². The Hall–Kier alpha value is -1.63. The average Bonchev–Trinajstić information content (AvgIpc) is 2.34. The zero-order valence-corrected chi connectivity index (χ0v) is 10.6. The van der Waals surface area contributed by atoms with Gasteiger partial charge in [0.1, 0.15) is 0 Å². The molecule has 0 saturated carbocycles. The molecular formula is C12H13NO4S. The molecule has 0 radical (unpaired) electrons. The number of rotatable bonds is 4. The summed E-state index contributed by atoms with van der Waals surface area (Å²) in [5.74, 6) is 0.363. The summed E-state index contributed by atoms with van der Waals surface area (Å²) in [6, 6.07) is 9.88. The molecule has 0 aliphatic heterocycles. The molecule has 2 aromatic rings. The van der Waals surface area contributed by atoms with Crippen molar-refractivity contribution < 1.29 is 17.8 Å². The van der Waals surface area contributed by atoms with Gasteiger partial charge in [-0.05, 0) is 18.4 Å². The van der Waals surface area contributed by atoms with Gasteiger partial charge in [0, 0.05) is 18.0 Å². The highest BCUT2D eigenvalue weighted by molar-refractivity contribution is 7.85. The Bertz CT molecular complexity index is 667. The second kappa shape index (κ2) is 4.93. The van der Waals surface area contributed by atoms with E-state index >= 15 is 0 Å². The molecule has 0 saturated heterocycles. The van der Waals surface area contributed by atoms with Gasteiger partial charge in [-0.3, -0.25) is 4.55 Å². The van der Waals surface area contributed by atoms with E-state index in [9.17, 15) is 8.42 Å². The van der Waals surface area contributed by atoms with E-state index in [1.54, 1.807) is 12.1 Å². The number of hydrogen-bond acceptors (Lipinski definition) is 4. The normalized spacial score (nSPS) is 11.7. The van der Waals surface area contributed by atoms with Crippen LogP contribution in [0.3, 0.4) is 0 Å². The maximum atomic E-state index is 11.2. The third kappa shape index (κ3) is 2.61. The molecule has 5 nitrogen and oxygen atoms in total. The maximum Gasteiger partial charge on any atom is 0.294 e. The Balaban J connectivity index is 2.64. The van der Waals surface area contributed by atoms with Crippen LogP contribution in [-0.4, -0.2) is 19.5 Å². The topological polar surface area (TPSA) is 75.6 Å². The van der Waals surface area contributed by atoms with Gasteiger partial charge >= 0.3 is 0 Å². The fourth-order valence-electron chi connectivity index (χ4n) is 1.63. The van der Waals surface area contributed by atoms with Crippen molar-refractivity contribution in [3.8, 4) is 5.75 Å². The van der Waals surface area contributed by atoms with Crippen molar-refractivity contribution in [2.24, 2.45) is 0 Å². The first-order valence-electron chi connectivity index (χ1n) is 5.42. The van der Waals surface area contributed by atoms with E-state index in [4.69, 9.17) is 9.39 Å². The minimum absolute atomic E-state index is 0.186. The molecule has 18 heavy (non-hydrogen) atoms. The number of hydrogen-bond donors (Lipinski definition) is 2. The Morgan fingerprint density at radius 3 is 2.67 bits per heavy atom. The fraction of sp³-hybridized carbons (Fsp3) is 0.167. The molecule has 0 amide bonds. The zero-order chi connectivity index (χ0) is 13.2. The highest BCUT2D eigenvalue weighted by atomic mass is 32.2. The van der Waals surface area contributed by atoms with Crippen LogP contribution < -0.4 is 10.3 Å². The van der Waals surface area contributed by atoms with Crippen LogP contribution in [0.15, 0.2) is 41.3 Å². The molecule has 0 spiro atoms. The molecule has 0 aliphatic rings. The summed E-state index contributed by atoms with van der Waals surface area (Å²) in [7, 11) is -4.25. The van der Waals surface area contributed by atoms with Crippen molar-refractivity contribution in [1.82, 2.24) is 5.48 Å². The van der Waals surface area contributed by atoms with E-state index < -0.39 is 10.1 Å². The molecule has 2 rings (SSSR count). The predicted octanol–water partition coefficient (Wildman–Crippen LogP) is 1.99. The van der Waals surface area contributed by atoms with E-state index in [0.717, 1.165) is 5.39 Å². The van der Waals surface area contributed by atoms with Crippen LogP contribution in [0.25, 0.3) is 10.8 Å². The fourth-order valence-corrected chi connectivity index (χ4v) is 2.16. The monoisotopic (exact) mass is 267 g/mol. The Labute approximate surface area is 105 Å². The SMILES string of the molecule is CCNOc1cc(S(=O)(=O)O)cc2ccccc12. The van der Waals surface area contributed by atoms with Gasteiger partial charge in [0.25, 0.3) is 10.1 Å². The lowest BCUT2D eigenvalue weighted by atomic mass is 10.1. The molecule has 6 heteroatoms. The van der Waals surface area contributed by atoms with E-state index in [-0.39, 0.29) is 4.90 Å². The Morgan fingerprint density at radius 1 is 1.28 bits per heavy atom. The zero-order valence-electron chi connectivity index (χ0n) is 9.75. The smallest absolute Gasteiger partial charge is 0.294 e. The van der Waals surface area contributed by atoms with Crippen molar-refractivity contribution in [2.45, 2.75) is 11.8 Å². The summed E-state index contributed by atoms with van der Waals surface area (Å²) in [6.45, 7) is 2.43. The van der Waals surface area contributed by atoms with Crippen molar-refractivity contribution in [3.05, 3.63) is 36.4 Å². The molecule has 96 valence electrons. The van der Waals surface area contributed by atoms with E-state index in [1.807, 2.05) is 19.1 Å². The van der Waals surface area contributed by atoms with Gasteiger partial charge in [0.05, 0.1) is 4.90 Å². The highest BCUT2D eigenvalue weighted by Gasteiger charge is 2.14. The van der Waals surface area contributed by atoms with Gasteiger partial charge in [-0.2, -0.15) is 13.9 Å². The molecule has 0 atom stereocenters. The van der Waals surface area contributed by atoms with Crippen LogP contribution in [0.2, 0.25) is 0 Å². The highest BCUT2D eigenvalue weighted by Crippen LogP contribution is 2.29. The van der Waals surface area contributed by atoms with Crippen LogP contribution in [0, 0.1) is 0 Å². The minimum Gasteiger partial charge on any atom is -0.408 e. The average molecular weight is 267 g/mol. The third-order valence-electron chi connectivity index (χ3n) is 2.42. The maximum absolute atomic E-state index is 11.2. The lowest BCUT2D eigenvalue weighted by Gasteiger charge is -2.10. The van der Waals surface area contributed by atoms with Crippen LogP contribution in [-0.2, 0) is 10.1 Å². The van der Waals surface area contributed by atoms with E-state index in [2.05, 4.69) is 5.48 Å². The Kier molecular flexibility index (Phi) is 3.51. The lowest BCUT2D eigenvalue weighted by Crippen LogP contribution is -2.17. The lowest BCUT2D eigenvalue weighted by molar-refractivity contribution is 0.205. The van der Waals surface area contributed by atoms with Gasteiger partial charge in [-0.15, -0.1) is 0 Å². The van der Waals surface area contributed by atoms with Crippen LogP contribution >= 0.6 is 0 Å². The summed E-state index contributed by atoms with van der Waals surface area (Å²) in [4.78, 5) is 5.09. The molecule has 2 aromatic carbocycles. The molecular weight excluding hydrogens is 254 g/mol. The summed E-state index contributed by atoms with van der Waals surface area (Å²) < 4.78 is 31.5. The first-order valence-corrected chi connectivity index (χ1v) is 6.86. The van der Waals surface area contributed by atoms with Crippen molar-refractivity contribution in [2.75, 3.05) is 6.54 Å².